The number of hydrogen-bond acceptors (Lipinski definition) is 5. The van der Waals surface area contributed by atoms with Gasteiger partial charge < -0.3 is 25.0 Å². The van der Waals surface area contributed by atoms with Crippen LogP contribution in [0.2, 0.25) is 0 Å². The molecule has 1 aliphatic heterocycles. The number of nitrogens with zero attached hydrogens (tertiary/aromatic N) is 2. The van der Waals surface area contributed by atoms with Crippen molar-refractivity contribution >= 4 is 23.7 Å². The van der Waals surface area contributed by atoms with Crippen molar-refractivity contribution < 1.29 is 29.0 Å². The van der Waals surface area contributed by atoms with E-state index in [0.29, 0.717) is 11.3 Å². The maximum absolute atomic E-state index is 13.3. The number of rotatable bonds is 7. The van der Waals surface area contributed by atoms with Gasteiger partial charge >= 0.3 is 5.97 Å². The van der Waals surface area contributed by atoms with E-state index in [1.165, 1.54) is 23.8 Å². The van der Waals surface area contributed by atoms with Crippen molar-refractivity contribution in [1.82, 2.24) is 15.1 Å². The first-order valence-corrected chi connectivity index (χ1v) is 11.1. The SMILES string of the molecule is COc1cccc(C(=O)N2CCN(C(C)=O)C2C(=O)NC(CC(=O)O)C2CCCCC2)c1. The third-order valence-electron chi connectivity index (χ3n) is 6.33. The van der Waals surface area contributed by atoms with Crippen molar-refractivity contribution in [3.05, 3.63) is 29.8 Å². The molecule has 9 heteroatoms. The highest BCUT2D eigenvalue weighted by atomic mass is 16.5. The Morgan fingerprint density at radius 3 is 2.44 bits per heavy atom. The van der Waals surface area contributed by atoms with Gasteiger partial charge in [-0.25, -0.2) is 0 Å². The highest BCUT2D eigenvalue weighted by Gasteiger charge is 2.43. The van der Waals surface area contributed by atoms with E-state index in [0.717, 1.165) is 32.1 Å². The molecule has 2 aliphatic rings. The summed E-state index contributed by atoms with van der Waals surface area (Å²) in [5.74, 6) is -1.64. The van der Waals surface area contributed by atoms with E-state index in [4.69, 9.17) is 4.74 Å². The van der Waals surface area contributed by atoms with Crippen molar-refractivity contribution in [2.75, 3.05) is 20.2 Å². The third kappa shape index (κ3) is 5.38. The van der Waals surface area contributed by atoms with Gasteiger partial charge in [0, 0.05) is 31.6 Å². The number of carboxylic acids is 1. The Bertz CT molecular complexity index is 867. The molecular weight excluding hydrogens is 414 g/mol. The molecule has 3 rings (SSSR count). The molecule has 32 heavy (non-hydrogen) atoms. The molecule has 0 bridgehead atoms. The molecule has 1 saturated carbocycles. The van der Waals surface area contributed by atoms with Gasteiger partial charge in [0.25, 0.3) is 11.8 Å². The maximum Gasteiger partial charge on any atom is 0.305 e. The second-order valence-corrected chi connectivity index (χ2v) is 8.43. The van der Waals surface area contributed by atoms with Crippen molar-refractivity contribution in [3.8, 4) is 5.75 Å². The lowest BCUT2D eigenvalue weighted by molar-refractivity contribution is -0.142. The summed E-state index contributed by atoms with van der Waals surface area (Å²) in [6.07, 6.45) is 3.50. The third-order valence-corrected chi connectivity index (χ3v) is 6.33. The largest absolute Gasteiger partial charge is 0.497 e. The van der Waals surface area contributed by atoms with Crippen LogP contribution in [0.25, 0.3) is 0 Å². The molecule has 2 atom stereocenters. The van der Waals surface area contributed by atoms with E-state index < -0.39 is 24.1 Å². The molecule has 174 valence electrons. The van der Waals surface area contributed by atoms with Crippen molar-refractivity contribution in [3.63, 3.8) is 0 Å². The molecule has 2 N–H and O–H groups in total. The van der Waals surface area contributed by atoms with Gasteiger partial charge in [-0.1, -0.05) is 25.3 Å². The maximum atomic E-state index is 13.3. The van der Waals surface area contributed by atoms with Crippen LogP contribution in [-0.4, -0.2) is 71.0 Å². The number of carboxylic acid groups (broad SMARTS) is 1. The Kier molecular flexibility index (Phi) is 7.71. The molecule has 1 heterocycles. The first-order chi connectivity index (χ1) is 15.3. The first-order valence-electron chi connectivity index (χ1n) is 11.1. The van der Waals surface area contributed by atoms with Gasteiger partial charge in [-0.3, -0.25) is 19.2 Å². The second kappa shape index (κ2) is 10.5. The van der Waals surface area contributed by atoms with Gasteiger partial charge in [0.1, 0.15) is 5.75 Å². The van der Waals surface area contributed by atoms with Gasteiger partial charge in [-0.15, -0.1) is 0 Å². The molecular formula is C23H31N3O6. The fourth-order valence-electron chi connectivity index (χ4n) is 4.69. The number of ether oxygens (including phenoxy) is 1. The molecule has 2 unspecified atom stereocenters. The lowest BCUT2D eigenvalue weighted by Crippen LogP contribution is -2.56. The highest BCUT2D eigenvalue weighted by molar-refractivity contribution is 5.99. The van der Waals surface area contributed by atoms with Crippen molar-refractivity contribution in [2.24, 2.45) is 5.92 Å². The van der Waals surface area contributed by atoms with Crippen LogP contribution in [0.4, 0.5) is 0 Å². The Labute approximate surface area is 187 Å². The summed E-state index contributed by atoms with van der Waals surface area (Å²) < 4.78 is 5.19. The zero-order valence-electron chi connectivity index (χ0n) is 18.6. The molecule has 3 amide bonds. The summed E-state index contributed by atoms with van der Waals surface area (Å²) in [7, 11) is 1.50. The van der Waals surface area contributed by atoms with Crippen LogP contribution in [0.3, 0.4) is 0 Å². The number of aliphatic carboxylic acids is 1. The minimum Gasteiger partial charge on any atom is -0.497 e. The van der Waals surface area contributed by atoms with Crippen LogP contribution < -0.4 is 10.1 Å². The molecule has 1 aromatic rings. The summed E-state index contributed by atoms with van der Waals surface area (Å²) in [6, 6.07) is 6.08. The Hall–Kier alpha value is -3.10. The zero-order valence-corrected chi connectivity index (χ0v) is 18.6. The predicted octanol–water partition coefficient (Wildman–Crippen LogP) is 1.87. The fraction of sp³-hybridized carbons (Fsp3) is 0.565. The van der Waals surface area contributed by atoms with E-state index in [-0.39, 0.29) is 37.2 Å². The van der Waals surface area contributed by atoms with E-state index in [2.05, 4.69) is 5.32 Å². The lowest BCUT2D eigenvalue weighted by Gasteiger charge is -2.34. The number of hydrogen-bond donors (Lipinski definition) is 2. The minimum atomic E-state index is -1.12. The smallest absolute Gasteiger partial charge is 0.305 e. The standard InChI is InChI=1S/C23H31N3O6/c1-15(27)25-11-12-26(23(31)17-9-6-10-18(13-17)32-2)22(25)21(30)24-19(14-20(28)29)16-7-4-3-5-8-16/h6,9-10,13,16,19,22H,3-5,7-8,11-12,14H2,1-2H3,(H,24,30)(H,28,29). The van der Waals surface area contributed by atoms with Crippen LogP contribution in [-0.2, 0) is 14.4 Å². The molecule has 0 radical (unpaired) electrons. The summed E-state index contributed by atoms with van der Waals surface area (Å²) in [5.41, 5.74) is 0.349. The summed E-state index contributed by atoms with van der Waals surface area (Å²) >= 11 is 0. The number of methoxy groups -OCH3 is 1. The van der Waals surface area contributed by atoms with Gasteiger partial charge in [0.05, 0.1) is 13.5 Å². The number of carbonyl (C=O) groups excluding carboxylic acids is 3. The van der Waals surface area contributed by atoms with Gasteiger partial charge in [0.15, 0.2) is 6.17 Å². The van der Waals surface area contributed by atoms with Crippen LogP contribution in [0.15, 0.2) is 24.3 Å². The number of amides is 3. The molecule has 0 spiro atoms. The summed E-state index contributed by atoms with van der Waals surface area (Å²) in [5, 5.41) is 12.3. The van der Waals surface area contributed by atoms with E-state index in [1.807, 2.05) is 0 Å². The van der Waals surface area contributed by atoms with Gasteiger partial charge in [-0.2, -0.15) is 0 Å². The number of benzene rings is 1. The Morgan fingerprint density at radius 2 is 1.81 bits per heavy atom. The Balaban J connectivity index is 1.83. The van der Waals surface area contributed by atoms with Crippen LogP contribution >= 0.6 is 0 Å². The normalized spacial score (nSPS) is 20.0. The van der Waals surface area contributed by atoms with Crippen LogP contribution in [0.1, 0.15) is 55.8 Å². The average molecular weight is 446 g/mol. The van der Waals surface area contributed by atoms with E-state index in [9.17, 15) is 24.3 Å². The van der Waals surface area contributed by atoms with Crippen molar-refractivity contribution in [1.29, 1.82) is 0 Å². The Morgan fingerprint density at radius 1 is 1.12 bits per heavy atom. The molecule has 1 saturated heterocycles. The van der Waals surface area contributed by atoms with Gasteiger partial charge in [-0.05, 0) is 37.0 Å². The molecule has 0 aromatic heterocycles. The number of carbonyl (C=O) groups is 4. The van der Waals surface area contributed by atoms with Crippen LogP contribution in [0.5, 0.6) is 5.75 Å². The number of nitrogens with one attached hydrogen (secondary N) is 1. The topological polar surface area (TPSA) is 116 Å². The average Bonchev–Trinajstić information content (AvgIpc) is 3.24. The predicted molar refractivity (Wildman–Crippen MR) is 116 cm³/mol. The van der Waals surface area contributed by atoms with E-state index >= 15 is 0 Å². The fourth-order valence-corrected chi connectivity index (χ4v) is 4.69. The summed E-state index contributed by atoms with van der Waals surface area (Å²) in [4.78, 5) is 53.0. The molecule has 2 fully saturated rings. The first kappa shape index (κ1) is 23.6. The van der Waals surface area contributed by atoms with Crippen molar-refractivity contribution in [2.45, 2.75) is 57.7 Å². The second-order valence-electron chi connectivity index (χ2n) is 8.43. The summed E-state index contributed by atoms with van der Waals surface area (Å²) in [6.45, 7) is 1.80. The van der Waals surface area contributed by atoms with E-state index in [1.54, 1.807) is 24.3 Å². The zero-order chi connectivity index (χ0) is 23.3. The monoisotopic (exact) mass is 445 g/mol. The van der Waals surface area contributed by atoms with Gasteiger partial charge in [0.2, 0.25) is 5.91 Å². The molecule has 1 aromatic carbocycles. The minimum absolute atomic E-state index is 0.0681. The molecule has 1 aliphatic carbocycles. The highest BCUT2D eigenvalue weighted by Crippen LogP contribution is 2.28. The quantitative estimate of drug-likeness (QED) is 0.662. The molecule has 9 nitrogen and oxygen atoms in total. The lowest BCUT2D eigenvalue weighted by atomic mass is 9.82. The van der Waals surface area contributed by atoms with Crippen LogP contribution in [0, 0.1) is 5.92 Å².